The molecule has 0 fully saturated rings. The van der Waals surface area contributed by atoms with Crippen LogP contribution in [0.25, 0.3) is 16.9 Å². The van der Waals surface area contributed by atoms with Crippen LogP contribution in [0, 0.1) is 11.8 Å². The molecule has 4 aromatic heterocycles. The van der Waals surface area contributed by atoms with E-state index in [0.29, 0.717) is 11.2 Å². The van der Waals surface area contributed by atoms with Gasteiger partial charge in [-0.25, -0.2) is 9.50 Å². The molecule has 1 aromatic carbocycles. The van der Waals surface area contributed by atoms with Crippen LogP contribution in [0.2, 0.25) is 0 Å². The second-order valence-corrected chi connectivity index (χ2v) is 7.32. The number of primary amides is 1. The second-order valence-electron chi connectivity index (χ2n) is 7.32. The van der Waals surface area contributed by atoms with Gasteiger partial charge in [-0.2, -0.15) is 0 Å². The molecule has 0 aliphatic carbocycles. The summed E-state index contributed by atoms with van der Waals surface area (Å²) in [5, 5.41) is 3.87. The first-order valence-corrected chi connectivity index (χ1v) is 10.6. The number of nitrogen functional groups attached to an aromatic ring is 1. The average molecular weight is 454 g/mol. The van der Waals surface area contributed by atoms with E-state index in [1.807, 2.05) is 53.2 Å². The first-order chi connectivity index (χ1) is 16.5. The minimum absolute atomic E-state index is 0.0247. The van der Waals surface area contributed by atoms with Gasteiger partial charge in [-0.1, -0.05) is 31.0 Å². The van der Waals surface area contributed by atoms with Crippen LogP contribution >= 0.6 is 0 Å². The molecular formula is C25H23N7O2. The van der Waals surface area contributed by atoms with Crippen LogP contribution in [0.3, 0.4) is 0 Å². The van der Waals surface area contributed by atoms with E-state index in [0.717, 1.165) is 23.4 Å². The van der Waals surface area contributed by atoms with Crippen molar-refractivity contribution in [3.05, 3.63) is 94.4 Å². The molecule has 5 rings (SSSR count). The molecule has 0 bridgehead atoms. The number of amides is 1. The molecule has 0 saturated heterocycles. The number of carbonyl (C=O) groups is 1. The maximum Gasteiger partial charge on any atom is 0.280 e. The number of nitrogens with zero attached hydrogens (tertiary/aromatic N) is 5. The van der Waals surface area contributed by atoms with Crippen LogP contribution in [-0.4, -0.2) is 29.5 Å². The monoisotopic (exact) mass is 453 g/mol. The molecule has 5 aromatic rings. The summed E-state index contributed by atoms with van der Waals surface area (Å²) in [7, 11) is 0. The Hall–Kier alpha value is -4.84. The fourth-order valence-corrected chi connectivity index (χ4v) is 3.72. The lowest BCUT2D eigenvalue weighted by molar-refractivity contribution is 0.100. The molecule has 34 heavy (non-hydrogen) atoms. The van der Waals surface area contributed by atoms with Crippen LogP contribution < -0.4 is 17.0 Å². The Morgan fingerprint density at radius 3 is 2.56 bits per heavy atom. The fraction of sp³-hybridized carbons (Fsp3) is 0.120. The largest absolute Gasteiger partial charge is 0.381 e. The Balaban J connectivity index is 0.000000180. The number of fused-ring (bicyclic) bond motifs is 2. The molecule has 9 nitrogen and oxygen atoms in total. The molecule has 0 aliphatic rings. The van der Waals surface area contributed by atoms with Gasteiger partial charge in [0.2, 0.25) is 0 Å². The predicted octanol–water partition coefficient (Wildman–Crippen LogP) is 2.43. The standard InChI is InChI=1S/C18H16N2O.C7H7N5O/c1-3-8-14-11-12-19-13-15(4-2)20(18(21)17(14)19)16-9-6-5-7-10-16;8-5-4(6(9)13)7-10-2-1-3-12(7)11-5/h5-7,9-13H,4H2,1-2H3;1-3H,(H2,8,11)(H2,9,13). The first-order valence-electron chi connectivity index (χ1n) is 10.6. The number of anilines is 1. The summed E-state index contributed by atoms with van der Waals surface area (Å²) < 4.78 is 5.06. The third-order valence-corrected chi connectivity index (χ3v) is 5.20. The smallest absolute Gasteiger partial charge is 0.280 e. The number of para-hydroxylation sites is 1. The van der Waals surface area contributed by atoms with Crippen molar-refractivity contribution in [1.82, 2.24) is 23.6 Å². The van der Waals surface area contributed by atoms with Gasteiger partial charge in [-0.3, -0.25) is 14.2 Å². The number of benzene rings is 1. The number of rotatable bonds is 3. The van der Waals surface area contributed by atoms with E-state index in [1.54, 1.807) is 30.0 Å². The molecule has 0 unspecified atom stereocenters. The van der Waals surface area contributed by atoms with Crippen LogP contribution in [0.1, 0.15) is 35.5 Å². The van der Waals surface area contributed by atoms with Crippen molar-refractivity contribution in [2.24, 2.45) is 5.73 Å². The van der Waals surface area contributed by atoms with Gasteiger partial charge in [-0.15, -0.1) is 11.0 Å². The topological polar surface area (TPSA) is 126 Å². The van der Waals surface area contributed by atoms with Gasteiger partial charge in [-0.05, 0) is 37.6 Å². The summed E-state index contributed by atoms with van der Waals surface area (Å²) in [5.74, 6) is 5.35. The van der Waals surface area contributed by atoms with Crippen molar-refractivity contribution in [2.45, 2.75) is 20.3 Å². The van der Waals surface area contributed by atoms with Gasteiger partial charge >= 0.3 is 0 Å². The van der Waals surface area contributed by atoms with Crippen molar-refractivity contribution in [1.29, 1.82) is 0 Å². The first kappa shape index (κ1) is 22.4. The lowest BCUT2D eigenvalue weighted by Gasteiger charge is -2.13. The zero-order valence-electron chi connectivity index (χ0n) is 18.8. The van der Waals surface area contributed by atoms with Crippen molar-refractivity contribution >= 4 is 22.9 Å². The fourth-order valence-electron chi connectivity index (χ4n) is 3.72. The molecule has 4 heterocycles. The summed E-state index contributed by atoms with van der Waals surface area (Å²) in [6.07, 6.45) is 7.87. The summed E-state index contributed by atoms with van der Waals surface area (Å²) in [6, 6.07) is 13.3. The van der Waals surface area contributed by atoms with E-state index >= 15 is 0 Å². The third kappa shape index (κ3) is 4.00. The molecule has 4 N–H and O–H groups in total. The number of hydrogen-bond donors (Lipinski definition) is 2. The number of aromatic nitrogens is 5. The Kier molecular flexibility index (Phi) is 6.14. The van der Waals surface area contributed by atoms with E-state index in [2.05, 4.69) is 28.8 Å². The molecule has 0 atom stereocenters. The van der Waals surface area contributed by atoms with E-state index in [4.69, 9.17) is 11.5 Å². The normalized spacial score (nSPS) is 10.4. The number of hydrogen-bond acceptors (Lipinski definition) is 5. The van der Waals surface area contributed by atoms with Crippen LogP contribution in [0.4, 0.5) is 5.82 Å². The van der Waals surface area contributed by atoms with Crippen molar-refractivity contribution in [2.75, 3.05) is 5.73 Å². The molecule has 0 aliphatic heterocycles. The highest BCUT2D eigenvalue weighted by molar-refractivity contribution is 6.03. The van der Waals surface area contributed by atoms with Crippen LogP contribution in [-0.2, 0) is 6.42 Å². The highest BCUT2D eigenvalue weighted by atomic mass is 16.1. The summed E-state index contributed by atoms with van der Waals surface area (Å²) in [4.78, 5) is 27.8. The summed E-state index contributed by atoms with van der Waals surface area (Å²) >= 11 is 0. The highest BCUT2D eigenvalue weighted by Gasteiger charge is 2.15. The molecule has 170 valence electrons. The maximum atomic E-state index is 12.9. The summed E-state index contributed by atoms with van der Waals surface area (Å²) in [6.45, 7) is 3.83. The van der Waals surface area contributed by atoms with Gasteiger partial charge in [0.1, 0.15) is 11.1 Å². The van der Waals surface area contributed by atoms with Crippen molar-refractivity contribution in [3.63, 3.8) is 0 Å². The van der Waals surface area contributed by atoms with Gasteiger partial charge in [0, 0.05) is 36.2 Å². The van der Waals surface area contributed by atoms with Crippen LogP contribution in [0.5, 0.6) is 0 Å². The van der Waals surface area contributed by atoms with Gasteiger partial charge in [0.05, 0.1) is 5.56 Å². The third-order valence-electron chi connectivity index (χ3n) is 5.20. The van der Waals surface area contributed by atoms with Crippen molar-refractivity contribution < 1.29 is 4.79 Å². The predicted molar refractivity (Wildman–Crippen MR) is 131 cm³/mol. The molecule has 9 heteroatoms. The molecule has 1 amide bonds. The van der Waals surface area contributed by atoms with Gasteiger partial charge < -0.3 is 15.9 Å². The Morgan fingerprint density at radius 1 is 1.12 bits per heavy atom. The lowest BCUT2D eigenvalue weighted by Crippen LogP contribution is -2.24. The quantitative estimate of drug-likeness (QED) is 0.406. The van der Waals surface area contributed by atoms with Gasteiger partial charge in [0.25, 0.3) is 11.5 Å². The molecule has 0 spiro atoms. The highest BCUT2D eigenvalue weighted by Crippen LogP contribution is 2.15. The maximum absolute atomic E-state index is 12.9. The van der Waals surface area contributed by atoms with Crippen molar-refractivity contribution in [3.8, 4) is 17.5 Å². The molecular weight excluding hydrogens is 430 g/mol. The number of nitrogens with two attached hydrogens (primary N) is 2. The lowest BCUT2D eigenvalue weighted by atomic mass is 10.2. The Bertz CT molecular complexity index is 1620. The minimum atomic E-state index is -0.619. The summed E-state index contributed by atoms with van der Waals surface area (Å²) in [5.41, 5.74) is 14.4. The average Bonchev–Trinajstić information content (AvgIpc) is 3.40. The number of aryl methyl sites for hydroxylation is 1. The van der Waals surface area contributed by atoms with E-state index in [9.17, 15) is 9.59 Å². The zero-order valence-corrected chi connectivity index (χ0v) is 18.8. The SMILES string of the molecule is CC#Cc1ccn2cc(CC)n(-c3ccccc3)c(=O)c12.NC(=O)c1c(N)nn2cccnc12. The van der Waals surface area contributed by atoms with E-state index < -0.39 is 5.91 Å². The number of carbonyl (C=O) groups excluding carboxylic acids is 1. The second kappa shape index (κ2) is 9.34. The molecule has 0 radical (unpaired) electrons. The Morgan fingerprint density at radius 2 is 1.88 bits per heavy atom. The minimum Gasteiger partial charge on any atom is -0.381 e. The Labute approximate surface area is 195 Å². The molecule has 0 saturated carbocycles. The van der Waals surface area contributed by atoms with Crippen LogP contribution in [0.15, 0.2) is 72.0 Å². The van der Waals surface area contributed by atoms with E-state index in [-0.39, 0.29) is 16.9 Å². The van der Waals surface area contributed by atoms with E-state index in [1.165, 1.54) is 4.52 Å². The van der Waals surface area contributed by atoms with Gasteiger partial charge in [0.15, 0.2) is 11.5 Å². The zero-order chi connectivity index (χ0) is 24.2.